The van der Waals surface area contributed by atoms with Gasteiger partial charge in [-0.3, -0.25) is 10.1 Å². The second-order valence-electron chi connectivity index (χ2n) is 4.35. The van der Waals surface area contributed by atoms with Crippen LogP contribution in [-0.4, -0.2) is 4.92 Å². The number of nitrogens with zero attached hydrogens (tertiary/aromatic N) is 1. The molecule has 4 nitrogen and oxygen atoms in total. The number of aryl methyl sites for hydroxylation is 1. The Kier molecular flexibility index (Phi) is 4.62. The molecule has 0 aromatic heterocycles. The summed E-state index contributed by atoms with van der Waals surface area (Å²) in [5.41, 5.74) is 2.53. The van der Waals surface area contributed by atoms with E-state index in [9.17, 15) is 10.1 Å². The van der Waals surface area contributed by atoms with Gasteiger partial charge in [-0.25, -0.2) is 0 Å². The molecule has 0 saturated carbocycles. The van der Waals surface area contributed by atoms with Crippen molar-refractivity contribution >= 4 is 38.9 Å². The Labute approximate surface area is 130 Å². The van der Waals surface area contributed by atoms with Crippen LogP contribution in [0.25, 0.3) is 0 Å². The molecule has 0 fully saturated rings. The normalized spacial score (nSPS) is 10.3. The Morgan fingerprint density at radius 1 is 1.30 bits per heavy atom. The number of benzene rings is 2. The summed E-state index contributed by atoms with van der Waals surface area (Å²) in [5.74, 6) is 0. The molecule has 6 heteroatoms. The van der Waals surface area contributed by atoms with Crippen molar-refractivity contribution < 1.29 is 4.92 Å². The van der Waals surface area contributed by atoms with E-state index in [4.69, 9.17) is 11.6 Å². The van der Waals surface area contributed by atoms with E-state index in [0.29, 0.717) is 21.6 Å². The van der Waals surface area contributed by atoms with E-state index in [1.807, 2.05) is 25.1 Å². The van der Waals surface area contributed by atoms with E-state index in [1.165, 1.54) is 6.07 Å². The van der Waals surface area contributed by atoms with E-state index in [-0.39, 0.29) is 10.6 Å². The van der Waals surface area contributed by atoms with Crippen molar-refractivity contribution in [2.45, 2.75) is 13.5 Å². The smallest absolute Gasteiger partial charge is 0.275 e. The van der Waals surface area contributed by atoms with Gasteiger partial charge in [-0.2, -0.15) is 0 Å². The van der Waals surface area contributed by atoms with Gasteiger partial charge in [-0.15, -0.1) is 0 Å². The van der Waals surface area contributed by atoms with Crippen molar-refractivity contribution in [2.24, 2.45) is 0 Å². The average Bonchev–Trinajstić information content (AvgIpc) is 2.41. The van der Waals surface area contributed by atoms with Crippen molar-refractivity contribution in [1.29, 1.82) is 0 Å². The van der Waals surface area contributed by atoms with Crippen molar-refractivity contribution in [3.8, 4) is 0 Å². The Morgan fingerprint density at radius 2 is 2.05 bits per heavy atom. The second kappa shape index (κ2) is 6.24. The van der Waals surface area contributed by atoms with Crippen LogP contribution in [0.3, 0.4) is 0 Å². The Morgan fingerprint density at radius 3 is 2.70 bits per heavy atom. The van der Waals surface area contributed by atoms with Gasteiger partial charge in [-0.05, 0) is 36.8 Å². The molecule has 0 radical (unpaired) electrons. The Bertz CT molecular complexity index is 662. The summed E-state index contributed by atoms with van der Waals surface area (Å²) in [6.07, 6.45) is 0. The standard InChI is InChI=1S/C14H12BrClN2O2/c1-9-2-5-12(7-13(9)16)17-8-10-3-4-11(15)6-14(10)18(19)20/h2-7,17H,8H2,1H3. The first-order valence-electron chi connectivity index (χ1n) is 5.90. The molecule has 2 rings (SSSR count). The lowest BCUT2D eigenvalue weighted by Gasteiger charge is -2.08. The number of halogens is 2. The van der Waals surface area contributed by atoms with Crippen molar-refractivity contribution in [1.82, 2.24) is 0 Å². The van der Waals surface area contributed by atoms with Gasteiger partial charge in [0.2, 0.25) is 0 Å². The van der Waals surface area contributed by atoms with Gasteiger partial charge < -0.3 is 5.32 Å². The molecule has 20 heavy (non-hydrogen) atoms. The highest BCUT2D eigenvalue weighted by Gasteiger charge is 2.13. The molecule has 0 saturated heterocycles. The van der Waals surface area contributed by atoms with E-state index in [2.05, 4.69) is 21.2 Å². The van der Waals surface area contributed by atoms with Crippen LogP contribution in [0.2, 0.25) is 5.02 Å². The predicted octanol–water partition coefficient (Wildman–Crippen LogP) is 4.93. The third-order valence-electron chi connectivity index (χ3n) is 2.90. The fourth-order valence-corrected chi connectivity index (χ4v) is 2.29. The molecule has 0 aliphatic heterocycles. The van der Waals surface area contributed by atoms with Crippen LogP contribution in [0.1, 0.15) is 11.1 Å². The van der Waals surface area contributed by atoms with Crippen molar-refractivity contribution in [2.75, 3.05) is 5.32 Å². The summed E-state index contributed by atoms with van der Waals surface area (Å²) in [6.45, 7) is 2.29. The first-order valence-corrected chi connectivity index (χ1v) is 7.07. The monoisotopic (exact) mass is 354 g/mol. The lowest BCUT2D eigenvalue weighted by Crippen LogP contribution is -2.03. The highest BCUT2D eigenvalue weighted by atomic mass is 79.9. The van der Waals surface area contributed by atoms with Crippen LogP contribution in [0.15, 0.2) is 40.9 Å². The maximum absolute atomic E-state index is 11.0. The molecule has 0 atom stereocenters. The average molecular weight is 356 g/mol. The first-order chi connectivity index (χ1) is 9.47. The Hall–Kier alpha value is -1.59. The summed E-state index contributed by atoms with van der Waals surface area (Å²) in [5, 5.41) is 14.8. The molecule has 0 aliphatic carbocycles. The van der Waals surface area contributed by atoms with Gasteiger partial charge >= 0.3 is 0 Å². The number of hydrogen-bond donors (Lipinski definition) is 1. The minimum absolute atomic E-state index is 0.0880. The zero-order valence-corrected chi connectivity index (χ0v) is 13.0. The molecule has 2 aromatic carbocycles. The fraction of sp³-hybridized carbons (Fsp3) is 0.143. The number of nitro groups is 1. The quantitative estimate of drug-likeness (QED) is 0.625. The van der Waals surface area contributed by atoms with Crippen LogP contribution >= 0.6 is 27.5 Å². The van der Waals surface area contributed by atoms with Gasteiger partial charge in [0.25, 0.3) is 5.69 Å². The van der Waals surface area contributed by atoms with Gasteiger partial charge in [0, 0.05) is 33.4 Å². The van der Waals surface area contributed by atoms with Gasteiger partial charge in [0.05, 0.1) is 4.92 Å². The van der Waals surface area contributed by atoms with Crippen LogP contribution in [-0.2, 0) is 6.54 Å². The molecule has 1 N–H and O–H groups in total. The number of rotatable bonds is 4. The predicted molar refractivity (Wildman–Crippen MR) is 84.3 cm³/mol. The first kappa shape index (κ1) is 14.8. The van der Waals surface area contributed by atoms with Crippen molar-refractivity contribution in [3.05, 3.63) is 67.1 Å². The lowest BCUT2D eigenvalue weighted by molar-refractivity contribution is -0.385. The lowest BCUT2D eigenvalue weighted by atomic mass is 10.1. The van der Waals surface area contributed by atoms with Gasteiger partial charge in [0.15, 0.2) is 0 Å². The maximum Gasteiger partial charge on any atom is 0.275 e. The molecule has 0 spiro atoms. The summed E-state index contributed by atoms with van der Waals surface area (Å²) in [4.78, 5) is 10.6. The summed E-state index contributed by atoms with van der Waals surface area (Å²) >= 11 is 9.28. The molecule has 0 heterocycles. The summed E-state index contributed by atoms with van der Waals surface area (Å²) < 4.78 is 0.686. The minimum Gasteiger partial charge on any atom is -0.381 e. The zero-order valence-electron chi connectivity index (χ0n) is 10.7. The molecule has 0 bridgehead atoms. The zero-order chi connectivity index (χ0) is 14.7. The van der Waals surface area contributed by atoms with Crippen LogP contribution in [0.4, 0.5) is 11.4 Å². The third kappa shape index (κ3) is 3.49. The van der Waals surface area contributed by atoms with E-state index < -0.39 is 0 Å². The van der Waals surface area contributed by atoms with E-state index in [1.54, 1.807) is 12.1 Å². The number of nitro benzene ring substituents is 1. The molecule has 2 aromatic rings. The summed E-state index contributed by atoms with van der Waals surface area (Å²) in [7, 11) is 0. The molecule has 104 valence electrons. The molecular formula is C14H12BrClN2O2. The largest absolute Gasteiger partial charge is 0.381 e. The number of anilines is 1. The molecular weight excluding hydrogens is 344 g/mol. The van der Waals surface area contributed by atoms with Gasteiger partial charge in [0.1, 0.15) is 0 Å². The number of hydrogen-bond acceptors (Lipinski definition) is 3. The molecule has 0 unspecified atom stereocenters. The molecule has 0 amide bonds. The topological polar surface area (TPSA) is 55.2 Å². The summed E-state index contributed by atoms with van der Waals surface area (Å²) in [6, 6.07) is 10.6. The van der Waals surface area contributed by atoms with Crippen molar-refractivity contribution in [3.63, 3.8) is 0 Å². The SMILES string of the molecule is Cc1ccc(NCc2ccc(Br)cc2[N+](=O)[O-])cc1Cl. The van der Waals surface area contributed by atoms with Crippen LogP contribution in [0.5, 0.6) is 0 Å². The highest BCUT2D eigenvalue weighted by Crippen LogP contribution is 2.25. The molecule has 0 aliphatic rings. The number of nitrogens with one attached hydrogen (secondary N) is 1. The highest BCUT2D eigenvalue weighted by molar-refractivity contribution is 9.10. The van der Waals surface area contributed by atoms with Crippen LogP contribution in [0, 0.1) is 17.0 Å². The maximum atomic E-state index is 11.0. The van der Waals surface area contributed by atoms with E-state index in [0.717, 1.165) is 11.3 Å². The minimum atomic E-state index is -0.385. The second-order valence-corrected chi connectivity index (χ2v) is 5.67. The fourth-order valence-electron chi connectivity index (χ4n) is 1.76. The van der Waals surface area contributed by atoms with E-state index >= 15 is 0 Å². The third-order valence-corrected chi connectivity index (χ3v) is 3.80. The van der Waals surface area contributed by atoms with Gasteiger partial charge in [-0.1, -0.05) is 33.6 Å². The Balaban J connectivity index is 2.18. The van der Waals surface area contributed by atoms with Crippen LogP contribution < -0.4 is 5.32 Å².